The van der Waals surface area contributed by atoms with Crippen LogP contribution in [0.4, 0.5) is 0 Å². The van der Waals surface area contributed by atoms with Crippen LogP contribution >= 0.6 is 0 Å². The molecule has 0 fully saturated rings. The Hall–Kier alpha value is -9.17. The summed E-state index contributed by atoms with van der Waals surface area (Å²) in [6.07, 6.45) is 0. The van der Waals surface area contributed by atoms with E-state index in [1.54, 1.807) is 212 Å². The molecular formula is C49H42O14. The second-order valence-corrected chi connectivity index (χ2v) is 11.7. The van der Waals surface area contributed by atoms with Gasteiger partial charge in [-0.05, 0) is 84.9 Å². The molecule has 7 N–H and O–H groups in total. The molecule has 0 spiro atoms. The average Bonchev–Trinajstić information content (AvgIpc) is 3.32. The van der Waals surface area contributed by atoms with E-state index in [1.165, 1.54) is 0 Å². The van der Waals surface area contributed by atoms with Crippen LogP contribution in [0.25, 0.3) is 0 Å². The Bertz CT molecular complexity index is 1910. The maximum absolute atomic E-state index is 10.2. The highest BCUT2D eigenvalue weighted by molar-refractivity contribution is 5.90. The zero-order valence-electron chi connectivity index (χ0n) is 33.2. The molecule has 63 heavy (non-hydrogen) atoms. The number of rotatable bonds is 7. The van der Waals surface area contributed by atoms with Crippen molar-refractivity contribution in [3.8, 4) is 0 Å². The monoisotopic (exact) mass is 854 g/mol. The van der Waals surface area contributed by atoms with Gasteiger partial charge in [-0.15, -0.1) is 0 Å². The van der Waals surface area contributed by atoms with Crippen molar-refractivity contribution in [1.29, 1.82) is 0 Å². The fourth-order valence-electron chi connectivity index (χ4n) is 4.07. The van der Waals surface area contributed by atoms with Crippen LogP contribution < -0.4 is 0 Å². The largest absolute Gasteiger partial charge is 0.478 e. The molecule has 14 nitrogen and oxygen atoms in total. The van der Waals surface area contributed by atoms with Gasteiger partial charge in [0.2, 0.25) is 0 Å². The highest BCUT2D eigenvalue weighted by atomic mass is 16.4. The first-order valence-electron chi connectivity index (χ1n) is 18.1. The molecule has 0 saturated carbocycles. The zero-order valence-corrected chi connectivity index (χ0v) is 33.2. The molecule has 7 aromatic carbocycles. The molecule has 0 radical (unpaired) electrons. The molecule has 0 aliphatic carbocycles. The van der Waals surface area contributed by atoms with Crippen LogP contribution in [0.5, 0.6) is 0 Å². The summed E-state index contributed by atoms with van der Waals surface area (Å²) in [5.74, 6) is -6.15. The topological polar surface area (TPSA) is 261 Å². The highest BCUT2D eigenvalue weighted by Gasteiger charge is 2.00. The molecule has 0 unspecified atom stereocenters. The summed E-state index contributed by atoms with van der Waals surface area (Å²) < 4.78 is 0. The van der Waals surface area contributed by atoms with E-state index in [4.69, 9.17) is 35.7 Å². The Kier molecular flexibility index (Phi) is 25.4. The van der Waals surface area contributed by atoms with Gasteiger partial charge in [0.15, 0.2) is 0 Å². The van der Waals surface area contributed by atoms with Crippen molar-refractivity contribution in [2.45, 2.75) is 0 Å². The third-order valence-electron chi connectivity index (χ3n) is 7.15. The average molecular weight is 855 g/mol. The summed E-state index contributed by atoms with van der Waals surface area (Å²) in [7, 11) is 0. The molecule has 322 valence electrons. The van der Waals surface area contributed by atoms with Crippen molar-refractivity contribution in [3.63, 3.8) is 0 Å². The van der Waals surface area contributed by atoms with Crippen molar-refractivity contribution >= 4 is 41.8 Å². The first-order chi connectivity index (χ1) is 30.1. The lowest BCUT2D eigenvalue weighted by atomic mass is 10.2. The van der Waals surface area contributed by atoms with Gasteiger partial charge < -0.3 is 35.7 Å². The molecule has 0 aromatic heterocycles. The number of carboxylic acids is 7. The number of carboxylic acid groups (broad SMARTS) is 7. The van der Waals surface area contributed by atoms with Crippen LogP contribution in [0.15, 0.2) is 212 Å². The highest BCUT2D eigenvalue weighted by Crippen LogP contribution is 2.00. The van der Waals surface area contributed by atoms with Gasteiger partial charge in [0.05, 0.1) is 38.9 Å². The van der Waals surface area contributed by atoms with Gasteiger partial charge in [0.1, 0.15) is 0 Å². The van der Waals surface area contributed by atoms with Crippen molar-refractivity contribution in [3.05, 3.63) is 251 Å². The van der Waals surface area contributed by atoms with Crippen molar-refractivity contribution in [1.82, 2.24) is 0 Å². The first-order valence-corrected chi connectivity index (χ1v) is 18.1. The summed E-state index contributed by atoms with van der Waals surface area (Å²) in [6, 6.07) is 58.1. The zero-order chi connectivity index (χ0) is 46.8. The van der Waals surface area contributed by atoms with Gasteiger partial charge in [0, 0.05) is 0 Å². The number of hydrogen-bond donors (Lipinski definition) is 7. The smallest absolute Gasteiger partial charge is 0.335 e. The Balaban J connectivity index is 0.000000367. The van der Waals surface area contributed by atoms with Gasteiger partial charge in [-0.3, -0.25) is 0 Å². The molecule has 0 atom stereocenters. The van der Waals surface area contributed by atoms with Gasteiger partial charge in [-0.25, -0.2) is 33.6 Å². The first kappa shape index (κ1) is 51.8. The molecule has 0 amide bonds. The maximum atomic E-state index is 10.2. The van der Waals surface area contributed by atoms with E-state index in [0.29, 0.717) is 38.9 Å². The van der Waals surface area contributed by atoms with Gasteiger partial charge in [-0.1, -0.05) is 127 Å². The SMILES string of the molecule is O=C(O)c1ccccc1.O=C(O)c1ccccc1.O=C(O)c1ccccc1.O=C(O)c1ccccc1.O=C(O)c1ccccc1.O=C(O)c1ccccc1.O=C(O)c1ccccc1. The van der Waals surface area contributed by atoms with Crippen molar-refractivity contribution in [2.75, 3.05) is 0 Å². The second kappa shape index (κ2) is 30.8. The Morgan fingerprint density at radius 3 is 0.302 bits per heavy atom. The minimum Gasteiger partial charge on any atom is -0.478 e. The Morgan fingerprint density at radius 1 is 0.175 bits per heavy atom. The normalized spacial score (nSPS) is 8.89. The van der Waals surface area contributed by atoms with Crippen LogP contribution in [-0.2, 0) is 0 Å². The van der Waals surface area contributed by atoms with E-state index >= 15 is 0 Å². The number of carbonyl (C=O) groups is 7. The fraction of sp³-hybridized carbons (Fsp3) is 0. The number of benzene rings is 7. The minimum atomic E-state index is -0.879. The van der Waals surface area contributed by atoms with Crippen LogP contribution in [-0.4, -0.2) is 77.5 Å². The van der Waals surface area contributed by atoms with E-state index in [1.807, 2.05) is 0 Å². The minimum absolute atomic E-state index is 0.331. The summed E-state index contributed by atoms with van der Waals surface area (Å²) in [5, 5.41) is 58.7. The summed E-state index contributed by atoms with van der Waals surface area (Å²) >= 11 is 0. The Morgan fingerprint density at radius 2 is 0.254 bits per heavy atom. The summed E-state index contributed by atoms with van der Waals surface area (Å²) in [6.45, 7) is 0. The summed E-state index contributed by atoms with van der Waals surface area (Å²) in [4.78, 5) is 71.4. The predicted octanol–water partition coefficient (Wildman–Crippen LogP) is 9.69. The fourth-order valence-corrected chi connectivity index (χ4v) is 4.07. The predicted molar refractivity (Wildman–Crippen MR) is 234 cm³/mol. The van der Waals surface area contributed by atoms with E-state index in [2.05, 4.69) is 0 Å². The molecule has 0 saturated heterocycles. The molecule has 7 aromatic rings. The van der Waals surface area contributed by atoms with Gasteiger partial charge in [-0.2, -0.15) is 0 Å². The number of hydrogen-bond acceptors (Lipinski definition) is 7. The van der Waals surface area contributed by atoms with E-state index in [0.717, 1.165) is 0 Å². The quantitative estimate of drug-likeness (QED) is 0.0787. The lowest BCUT2D eigenvalue weighted by molar-refractivity contribution is 0.0686. The molecule has 14 heteroatoms. The van der Waals surface area contributed by atoms with Crippen molar-refractivity contribution in [2.24, 2.45) is 0 Å². The van der Waals surface area contributed by atoms with Crippen LogP contribution in [0, 0.1) is 0 Å². The molecule has 0 aliphatic rings. The van der Waals surface area contributed by atoms with E-state index in [9.17, 15) is 33.6 Å². The summed E-state index contributed by atoms with van der Waals surface area (Å²) in [5.41, 5.74) is 2.32. The third kappa shape index (κ3) is 24.4. The van der Waals surface area contributed by atoms with E-state index < -0.39 is 41.8 Å². The van der Waals surface area contributed by atoms with Crippen LogP contribution in [0.2, 0.25) is 0 Å². The van der Waals surface area contributed by atoms with Crippen LogP contribution in [0.1, 0.15) is 72.5 Å². The molecule has 0 bridgehead atoms. The standard InChI is InChI=1S/7C7H6O2/c7*8-7(9)6-4-2-1-3-5-6/h7*1-5H,(H,8,9). The molecular weight excluding hydrogens is 813 g/mol. The molecule has 0 heterocycles. The molecule has 7 rings (SSSR count). The van der Waals surface area contributed by atoms with Gasteiger partial charge >= 0.3 is 41.8 Å². The maximum Gasteiger partial charge on any atom is 0.335 e. The Labute approximate surface area is 361 Å². The lowest BCUT2D eigenvalue weighted by Crippen LogP contribution is -1.93. The third-order valence-corrected chi connectivity index (χ3v) is 7.15. The number of aromatic carboxylic acids is 7. The second-order valence-electron chi connectivity index (χ2n) is 11.7. The van der Waals surface area contributed by atoms with E-state index in [-0.39, 0.29) is 0 Å². The molecule has 0 aliphatic heterocycles. The van der Waals surface area contributed by atoms with Crippen LogP contribution in [0.3, 0.4) is 0 Å². The lowest BCUT2D eigenvalue weighted by Gasteiger charge is -1.88. The van der Waals surface area contributed by atoms with Gasteiger partial charge in [0.25, 0.3) is 0 Å². The van der Waals surface area contributed by atoms with Crippen molar-refractivity contribution < 1.29 is 69.3 Å².